The van der Waals surface area contributed by atoms with E-state index in [-0.39, 0.29) is 0 Å². The van der Waals surface area contributed by atoms with Gasteiger partial charge in [-0.1, -0.05) is 18.6 Å². The van der Waals surface area contributed by atoms with E-state index in [2.05, 4.69) is 20.1 Å². The number of nitrogens with zero attached hydrogens (tertiary/aromatic N) is 4. The van der Waals surface area contributed by atoms with Gasteiger partial charge in [0.25, 0.3) is 0 Å². The van der Waals surface area contributed by atoms with E-state index in [1.165, 1.54) is 0 Å². The van der Waals surface area contributed by atoms with Gasteiger partial charge in [0.1, 0.15) is 0 Å². The molecule has 0 bridgehead atoms. The number of benzene rings is 1. The van der Waals surface area contributed by atoms with Crippen molar-refractivity contribution >= 4 is 16.0 Å². The Morgan fingerprint density at radius 1 is 1.06 bits per heavy atom. The smallest absolute Gasteiger partial charge is 0.243 e. The molecule has 3 aliphatic rings. The van der Waals surface area contributed by atoms with Crippen molar-refractivity contribution in [3.8, 4) is 0 Å². The predicted octanol–water partition coefficient (Wildman–Crippen LogP) is 1.34. The molecule has 172 valence electrons. The summed E-state index contributed by atoms with van der Waals surface area (Å²) in [5, 5.41) is 3.45. The van der Waals surface area contributed by atoms with Gasteiger partial charge in [0.15, 0.2) is 5.96 Å². The number of morpholine rings is 1. The summed E-state index contributed by atoms with van der Waals surface area (Å²) in [6.07, 6.45) is 4.15. The minimum absolute atomic E-state index is 0.385. The van der Waals surface area contributed by atoms with Gasteiger partial charge in [0.05, 0.1) is 18.1 Å². The molecule has 3 fully saturated rings. The molecule has 1 aromatic rings. The van der Waals surface area contributed by atoms with Crippen molar-refractivity contribution in [2.24, 2.45) is 4.99 Å². The molecule has 8 nitrogen and oxygen atoms in total. The highest BCUT2D eigenvalue weighted by atomic mass is 32.2. The van der Waals surface area contributed by atoms with E-state index in [9.17, 15) is 8.42 Å². The maximum Gasteiger partial charge on any atom is 0.243 e. The molecular weight excluding hydrogens is 414 g/mol. The molecule has 3 heterocycles. The lowest BCUT2D eigenvalue weighted by Crippen LogP contribution is -2.46. The normalized spacial score (nSPS) is 24.5. The molecule has 0 radical (unpaired) electrons. The molecule has 9 heteroatoms. The third-order valence-corrected chi connectivity index (χ3v) is 8.48. The summed E-state index contributed by atoms with van der Waals surface area (Å²) in [5.41, 5.74) is 1.04. The van der Waals surface area contributed by atoms with Crippen LogP contribution in [0.25, 0.3) is 0 Å². The molecule has 1 aromatic carbocycles. The zero-order valence-corrected chi connectivity index (χ0v) is 19.3. The molecule has 0 aliphatic carbocycles. The molecule has 0 amide bonds. The topological polar surface area (TPSA) is 77.5 Å². The summed E-state index contributed by atoms with van der Waals surface area (Å²) in [5.74, 6) is 0.903. The van der Waals surface area contributed by atoms with Crippen molar-refractivity contribution in [2.75, 3.05) is 59.5 Å². The lowest BCUT2D eigenvalue weighted by molar-refractivity contribution is 0.0195. The van der Waals surface area contributed by atoms with Crippen LogP contribution in [0, 0.1) is 0 Å². The number of likely N-dealkylation sites (tertiary alicyclic amines) is 1. The Labute approximate surface area is 186 Å². The Bertz CT molecular complexity index is 846. The van der Waals surface area contributed by atoms with E-state index in [0.29, 0.717) is 30.6 Å². The minimum Gasteiger partial charge on any atom is -0.379 e. The van der Waals surface area contributed by atoms with Crippen LogP contribution < -0.4 is 5.32 Å². The Kier molecular flexibility index (Phi) is 7.47. The van der Waals surface area contributed by atoms with Crippen molar-refractivity contribution in [3.63, 3.8) is 0 Å². The van der Waals surface area contributed by atoms with Crippen molar-refractivity contribution in [1.29, 1.82) is 0 Å². The third-order valence-electron chi connectivity index (χ3n) is 6.56. The average molecular weight is 450 g/mol. The van der Waals surface area contributed by atoms with Crippen LogP contribution in [-0.2, 0) is 21.3 Å². The van der Waals surface area contributed by atoms with Gasteiger partial charge in [0.2, 0.25) is 10.0 Å². The summed E-state index contributed by atoms with van der Waals surface area (Å²) < 4.78 is 32.7. The van der Waals surface area contributed by atoms with Gasteiger partial charge in [0, 0.05) is 58.9 Å². The number of hydrogen-bond donors (Lipinski definition) is 1. The van der Waals surface area contributed by atoms with E-state index in [0.717, 1.165) is 76.6 Å². The van der Waals surface area contributed by atoms with E-state index >= 15 is 0 Å². The molecule has 3 aliphatic heterocycles. The maximum atomic E-state index is 12.8. The van der Waals surface area contributed by atoms with Gasteiger partial charge < -0.3 is 15.0 Å². The summed E-state index contributed by atoms with van der Waals surface area (Å²) >= 11 is 0. The standard InChI is InChI=1S/C22H35N5O3S/c1-23-22(26-12-9-20(18-26)25-13-15-30-16-14-25)24-17-19-5-7-21(8-6-19)31(28,29)27-10-3-2-4-11-27/h5-8,20H,2-4,9-18H2,1H3,(H,23,24). The quantitative estimate of drug-likeness (QED) is 0.540. The fourth-order valence-electron chi connectivity index (χ4n) is 4.72. The van der Waals surface area contributed by atoms with Gasteiger partial charge in [-0.2, -0.15) is 4.31 Å². The van der Waals surface area contributed by atoms with Crippen molar-refractivity contribution in [1.82, 2.24) is 19.4 Å². The maximum absolute atomic E-state index is 12.8. The van der Waals surface area contributed by atoms with Crippen LogP contribution in [0.5, 0.6) is 0 Å². The summed E-state index contributed by atoms with van der Waals surface area (Å²) in [7, 11) is -1.56. The lowest BCUT2D eigenvalue weighted by atomic mass is 10.2. The van der Waals surface area contributed by atoms with Crippen molar-refractivity contribution in [2.45, 2.75) is 43.2 Å². The van der Waals surface area contributed by atoms with E-state index < -0.39 is 10.0 Å². The number of guanidine groups is 1. The zero-order chi connectivity index (χ0) is 21.7. The molecule has 1 atom stereocenters. The molecular formula is C22H35N5O3S. The van der Waals surface area contributed by atoms with E-state index in [1.54, 1.807) is 16.4 Å². The van der Waals surface area contributed by atoms with Gasteiger partial charge in [-0.25, -0.2) is 8.42 Å². The molecule has 0 saturated carbocycles. The summed E-state index contributed by atoms with van der Waals surface area (Å²) in [6.45, 7) is 7.53. The number of aliphatic imine (C=N–C) groups is 1. The molecule has 0 spiro atoms. The Morgan fingerprint density at radius 2 is 1.77 bits per heavy atom. The number of nitrogens with one attached hydrogen (secondary N) is 1. The zero-order valence-electron chi connectivity index (χ0n) is 18.5. The Hall–Kier alpha value is -1.68. The van der Waals surface area contributed by atoms with Crippen LogP contribution in [0.4, 0.5) is 0 Å². The molecule has 1 unspecified atom stereocenters. The number of ether oxygens (including phenoxy) is 1. The summed E-state index contributed by atoms with van der Waals surface area (Å²) in [6, 6.07) is 7.82. The average Bonchev–Trinajstić information content (AvgIpc) is 3.31. The van der Waals surface area contributed by atoms with Crippen LogP contribution in [0.3, 0.4) is 0 Å². The first-order chi connectivity index (χ1) is 15.1. The van der Waals surface area contributed by atoms with Gasteiger partial charge in [-0.05, 0) is 37.0 Å². The SMILES string of the molecule is CN=C(NCc1ccc(S(=O)(=O)N2CCCCC2)cc1)N1CCC(N2CCOCC2)C1. The number of rotatable bonds is 5. The monoisotopic (exact) mass is 449 g/mol. The largest absolute Gasteiger partial charge is 0.379 e. The predicted molar refractivity (Wildman–Crippen MR) is 122 cm³/mol. The summed E-state index contributed by atoms with van der Waals surface area (Å²) in [4.78, 5) is 9.69. The van der Waals surface area contributed by atoms with Crippen LogP contribution in [-0.4, -0.2) is 94.1 Å². The molecule has 4 rings (SSSR count). The Morgan fingerprint density at radius 3 is 2.45 bits per heavy atom. The fourth-order valence-corrected chi connectivity index (χ4v) is 6.24. The minimum atomic E-state index is -3.38. The van der Waals surface area contributed by atoms with Gasteiger partial charge >= 0.3 is 0 Å². The van der Waals surface area contributed by atoms with Gasteiger partial charge in [-0.3, -0.25) is 9.89 Å². The highest BCUT2D eigenvalue weighted by Gasteiger charge is 2.30. The van der Waals surface area contributed by atoms with Gasteiger partial charge in [-0.15, -0.1) is 0 Å². The number of hydrogen-bond acceptors (Lipinski definition) is 5. The first-order valence-electron chi connectivity index (χ1n) is 11.4. The second-order valence-electron chi connectivity index (χ2n) is 8.55. The first-order valence-corrected chi connectivity index (χ1v) is 12.9. The van der Waals surface area contributed by atoms with Crippen molar-refractivity contribution < 1.29 is 13.2 Å². The van der Waals surface area contributed by atoms with E-state index in [4.69, 9.17) is 4.74 Å². The lowest BCUT2D eigenvalue weighted by Gasteiger charge is -2.32. The van der Waals surface area contributed by atoms with E-state index in [1.807, 2.05) is 19.2 Å². The third kappa shape index (κ3) is 5.39. The number of piperidine rings is 1. The van der Waals surface area contributed by atoms with Crippen molar-refractivity contribution in [3.05, 3.63) is 29.8 Å². The number of sulfonamides is 1. The molecule has 3 saturated heterocycles. The second kappa shape index (κ2) is 10.3. The van der Waals surface area contributed by atoms with Crippen LogP contribution in [0.2, 0.25) is 0 Å². The molecule has 31 heavy (non-hydrogen) atoms. The second-order valence-corrected chi connectivity index (χ2v) is 10.5. The highest BCUT2D eigenvalue weighted by Crippen LogP contribution is 2.21. The molecule has 0 aromatic heterocycles. The van der Waals surface area contributed by atoms with Crippen LogP contribution in [0.1, 0.15) is 31.2 Å². The highest BCUT2D eigenvalue weighted by molar-refractivity contribution is 7.89. The Balaban J connectivity index is 1.31. The first kappa shape index (κ1) is 22.5. The van der Waals surface area contributed by atoms with Crippen LogP contribution in [0.15, 0.2) is 34.2 Å². The van der Waals surface area contributed by atoms with Crippen LogP contribution >= 0.6 is 0 Å². The fraction of sp³-hybridized carbons (Fsp3) is 0.682. The molecule has 1 N–H and O–H groups in total.